The first-order chi connectivity index (χ1) is 61.6. The third-order valence-electron chi connectivity index (χ3n) is 20.2. The molecule has 3 fully saturated rings. The zero-order valence-corrected chi connectivity index (χ0v) is 76.7. The molecule has 3 amide bonds. The summed E-state index contributed by atoms with van der Waals surface area (Å²) in [6, 6.07) is 80.6. The number of aromatic nitrogens is 6. The van der Waals surface area contributed by atoms with Crippen LogP contribution in [-0.4, -0.2) is 117 Å². The van der Waals surface area contributed by atoms with Gasteiger partial charge in [-0.15, -0.1) is 59.7 Å². The van der Waals surface area contributed by atoms with Gasteiger partial charge in [0.15, 0.2) is 11.4 Å². The Kier molecular flexibility index (Phi) is 40.1. The molecule has 30 heteroatoms. The van der Waals surface area contributed by atoms with Gasteiger partial charge in [-0.05, 0) is 249 Å². The molecule has 0 radical (unpaired) electrons. The first-order valence-electron chi connectivity index (χ1n) is 41.7. The number of carbonyl (C=O) groups excluding carboxylic acids is 3. The monoisotopic (exact) mass is 1950 g/mol. The van der Waals surface area contributed by atoms with Crippen LogP contribution < -0.4 is 43.2 Å². The van der Waals surface area contributed by atoms with Crippen LogP contribution in [0.25, 0.3) is 26.8 Å². The number of carbonyl (C=O) groups is 3. The lowest BCUT2D eigenvalue weighted by Gasteiger charge is -2.20. The summed E-state index contributed by atoms with van der Waals surface area (Å²) < 4.78 is 23.4. The van der Waals surface area contributed by atoms with Gasteiger partial charge in [0.25, 0.3) is 17.7 Å². The highest BCUT2D eigenvalue weighted by molar-refractivity contribution is 9.69. The second kappa shape index (κ2) is 51.3. The molecule has 0 aliphatic heterocycles. The fourth-order valence-electron chi connectivity index (χ4n) is 13.1. The fraction of sp³-hybridized carbons (Fsp3) is 0.253. The number of amides is 3. The van der Waals surface area contributed by atoms with Crippen molar-refractivity contribution >= 4 is 109 Å². The van der Waals surface area contributed by atoms with Gasteiger partial charge in [-0.1, -0.05) is 147 Å². The number of aryl methyl sites for hydroxylation is 3. The molecule has 10 aromatic carbocycles. The minimum Gasteiger partial charge on any atom is -0.508 e. The Labute approximate surface area is 784 Å². The van der Waals surface area contributed by atoms with E-state index in [1.54, 1.807) is 119 Å². The van der Waals surface area contributed by atoms with E-state index >= 15 is 0 Å². The van der Waals surface area contributed by atoms with Crippen LogP contribution in [0.3, 0.4) is 0 Å². The van der Waals surface area contributed by atoms with Gasteiger partial charge in [0, 0.05) is 56.4 Å². The summed E-state index contributed by atoms with van der Waals surface area (Å²) in [6.07, 6.45) is 5.79. The molecule has 25 nitrogen and oxygen atoms in total. The molecule has 3 unspecified atom stereocenters. The molecule has 3 saturated carbocycles. The van der Waals surface area contributed by atoms with Crippen molar-refractivity contribution in [1.29, 1.82) is 0 Å². The topological polar surface area (TPSA) is 348 Å². The van der Waals surface area contributed by atoms with Gasteiger partial charge < -0.3 is 73.1 Å². The number of hydrogen-bond acceptors (Lipinski definition) is 17. The lowest BCUT2D eigenvalue weighted by atomic mass is 10.0. The average molecular weight is 1950 g/mol. The van der Waals surface area contributed by atoms with Crippen molar-refractivity contribution in [1.82, 2.24) is 34.7 Å². The third-order valence-corrected chi connectivity index (χ3v) is 20.2. The number of nitrogens with one attached hydrogen (secondary N) is 4. The van der Waals surface area contributed by atoms with Gasteiger partial charge in [0.2, 0.25) is 0 Å². The van der Waals surface area contributed by atoms with Gasteiger partial charge in [-0.25, -0.2) is 23.7 Å². The van der Waals surface area contributed by atoms with Crippen LogP contribution in [0, 0.1) is 51.7 Å². The molecule has 14 N–H and O–H groups in total. The van der Waals surface area contributed by atoms with Crippen molar-refractivity contribution in [3.8, 4) is 34.3 Å². The maximum atomic E-state index is 13.3. The van der Waals surface area contributed by atoms with Gasteiger partial charge >= 0.3 is 3.18 Å². The van der Waals surface area contributed by atoms with Crippen molar-refractivity contribution in [2.24, 2.45) is 35.0 Å². The predicted molar refractivity (Wildman–Crippen MR) is 524 cm³/mol. The zero-order valence-electron chi connectivity index (χ0n) is 71.1. The fourth-order valence-corrected chi connectivity index (χ4v) is 13.1. The number of halogens is 4. The van der Waals surface area contributed by atoms with E-state index in [0.29, 0.717) is 149 Å². The molecule has 16 rings (SSSR count). The van der Waals surface area contributed by atoms with E-state index < -0.39 is 6.10 Å². The van der Waals surface area contributed by atoms with Gasteiger partial charge in [-0.2, -0.15) is 15.3 Å². The Balaban J connectivity index is 0.000000199. The summed E-state index contributed by atoms with van der Waals surface area (Å²) in [5, 5.41) is 64.1. The van der Waals surface area contributed by atoms with Crippen molar-refractivity contribution in [2.75, 3.05) is 62.0 Å². The molecule has 0 saturated heterocycles. The SMILES string of the molecule is BrB(Br)Br.C.Cc1cc(C(=O)Nc2cccc(C(OCC3CC3)c3ccc(O)cc3)c2)n(-c2cccc(CN)c2)n1.Cl.NCCNCCN.OCC1CC1.[C-]#[N+]c1cccc(-n2nc(C)cc2C(=O)Nc2cccc(C(O)c3ccc(OCc4ccccc4)cc3)c2)c1.[C-]#[N+]c1cccc(-n2nc(C)cc2C(=O)Nc2cccc(C(OCC3CC3)c3ccc(O)cc3)c2)c1. The van der Waals surface area contributed by atoms with Crippen LogP contribution >= 0.6 is 59.7 Å². The van der Waals surface area contributed by atoms with E-state index in [4.69, 9.17) is 49.7 Å². The Bertz CT molecular complexity index is 5820. The quantitative estimate of drug-likeness (QED) is 0.0113. The van der Waals surface area contributed by atoms with Crippen molar-refractivity contribution in [3.05, 3.63) is 368 Å². The highest BCUT2D eigenvalue weighted by Crippen LogP contribution is 2.38. The summed E-state index contributed by atoms with van der Waals surface area (Å²) in [5.74, 6) is 2.10. The zero-order chi connectivity index (χ0) is 90.1. The smallest absolute Gasteiger partial charge is 0.369 e. The first-order valence-corrected chi connectivity index (χ1v) is 44.4. The van der Waals surface area contributed by atoms with Crippen LogP contribution in [0.5, 0.6) is 17.2 Å². The number of anilines is 3. The number of benzene rings is 10. The minimum atomic E-state index is -0.880. The van der Waals surface area contributed by atoms with Crippen LogP contribution in [0.2, 0.25) is 0 Å². The van der Waals surface area contributed by atoms with Crippen LogP contribution in [0.15, 0.2) is 267 Å². The number of nitrogens with zero attached hydrogens (tertiary/aromatic N) is 8. The molecule has 3 aliphatic rings. The molecule has 670 valence electrons. The van der Waals surface area contributed by atoms with Gasteiger partial charge in [0.1, 0.15) is 59.2 Å². The molecule has 3 atom stereocenters. The molecular formula is C99H108BBr3ClN15O10. The largest absolute Gasteiger partial charge is 0.508 e. The van der Waals surface area contributed by atoms with Crippen LogP contribution in [0.1, 0.15) is 157 Å². The lowest BCUT2D eigenvalue weighted by molar-refractivity contribution is 0.0717. The van der Waals surface area contributed by atoms with Gasteiger partial charge in [-0.3, -0.25) is 14.4 Å². The molecule has 0 bridgehead atoms. The molecule has 3 aliphatic carbocycles. The number of ether oxygens (including phenoxy) is 3. The molecule has 13 aromatic rings. The summed E-state index contributed by atoms with van der Waals surface area (Å²) in [7, 11) is 0. The Morgan fingerprint density at radius 3 is 1.20 bits per heavy atom. The normalized spacial score (nSPS) is 12.8. The van der Waals surface area contributed by atoms with E-state index in [2.05, 4.69) is 93.5 Å². The second-order valence-electron chi connectivity index (χ2n) is 30.6. The van der Waals surface area contributed by atoms with E-state index in [0.717, 1.165) is 57.9 Å². The Morgan fingerprint density at radius 2 is 0.829 bits per heavy atom. The minimum absolute atomic E-state index is 0. The number of hydrogen-bond donors (Lipinski definition) is 11. The summed E-state index contributed by atoms with van der Waals surface area (Å²) in [5.41, 5.74) is 31.4. The summed E-state index contributed by atoms with van der Waals surface area (Å²) >= 11 is 9.31. The maximum absolute atomic E-state index is 13.3. The number of aromatic hydroxyl groups is 2. The number of rotatable bonds is 30. The van der Waals surface area contributed by atoms with E-state index in [9.17, 15) is 29.7 Å². The van der Waals surface area contributed by atoms with Crippen LogP contribution in [-0.2, 0) is 22.6 Å². The lowest BCUT2D eigenvalue weighted by Crippen LogP contribution is -2.27. The Hall–Kier alpha value is -11.9. The number of phenols is 2. The molecule has 3 heterocycles. The molecular weight excluding hydrogens is 1850 g/mol. The van der Waals surface area contributed by atoms with E-state index in [-0.39, 0.29) is 64.4 Å². The third kappa shape index (κ3) is 31.8. The molecule has 3 aromatic heterocycles. The average Bonchev–Trinajstić information content (AvgIpc) is 1.68. The van der Waals surface area contributed by atoms with Crippen molar-refractivity contribution < 1.29 is 49.0 Å². The highest BCUT2D eigenvalue weighted by Gasteiger charge is 2.28. The van der Waals surface area contributed by atoms with E-state index in [1.165, 1.54) is 43.2 Å². The van der Waals surface area contributed by atoms with Crippen molar-refractivity contribution in [2.45, 2.75) is 98.2 Å². The highest BCUT2D eigenvalue weighted by atomic mass is 79.9. The maximum Gasteiger partial charge on any atom is 0.369 e. The number of nitrogens with two attached hydrogens (primary N) is 3. The standard InChI is InChI=1S/C32H26N4O3.C29H26N4O3.C29H30N4O3.C4H13N3.C4H8O.CH4.BBr3.ClH/c1-22-18-30(36(35-22)28-13-7-11-26(20-28)33-2)32(38)34-27-12-6-10-25(19-27)31(37)24-14-16-29(17-15-24)39-21-23-8-4-3-5-9-23;1-19-15-27(33(32-19)25-8-4-6-23(17-25)30-2)29(35)31-24-7-3-5-22(16-24)28(36-18-20-9-10-20)21-11-13-26(34)14-12-21;1-19-14-27(33(32-19)25-7-2-4-21(15-25)17-30)29(35)31-24-6-3-5-23(16-24)28(36-18-20-8-9-20)22-10-12-26(34)13-11-22;5-1-3-7-4-2-6;5-3-4-1-2-4;;2-1(3)4;/h3-20,31,37H,21H2,1H3,(H,34,38);3-8,11-17,20,28,34H,9-10,18H2,1H3,(H,31,35);2-7,10-16,20,28,34H,8-9,17-18,30H2,1H3,(H,31,35);7H,1-6H2;4-5H,1-3H2;1H4;;1H. The number of aliphatic hydroxyl groups is 2. The summed E-state index contributed by atoms with van der Waals surface area (Å²) in [6.45, 7) is 25.8. The molecule has 129 heavy (non-hydrogen) atoms. The van der Waals surface area contributed by atoms with Gasteiger partial charge in [0.05, 0.1) is 60.5 Å². The second-order valence-corrected chi connectivity index (χ2v) is 37.0. The van der Waals surface area contributed by atoms with Crippen molar-refractivity contribution in [3.63, 3.8) is 0 Å². The van der Waals surface area contributed by atoms with E-state index in [1.807, 2.05) is 178 Å². The first kappa shape index (κ1) is 101. The Morgan fingerprint density at radius 1 is 0.465 bits per heavy atom. The number of aliphatic hydroxyl groups excluding tert-OH is 2. The summed E-state index contributed by atoms with van der Waals surface area (Å²) in [4.78, 5) is 46.8. The number of phenolic OH excluding ortho intramolecular Hbond substituents is 2. The molecule has 0 spiro atoms. The van der Waals surface area contributed by atoms with Crippen LogP contribution in [0.4, 0.5) is 28.4 Å². The predicted octanol–water partition coefficient (Wildman–Crippen LogP) is 20.1.